The molecule has 1 aromatic carbocycles. The summed E-state index contributed by atoms with van der Waals surface area (Å²) >= 11 is 4.75. The van der Waals surface area contributed by atoms with Gasteiger partial charge in [-0.05, 0) is 30.4 Å². The topological polar surface area (TPSA) is 76.1 Å². The van der Waals surface area contributed by atoms with E-state index in [0.717, 1.165) is 11.4 Å². The quantitative estimate of drug-likeness (QED) is 0.706. The van der Waals surface area contributed by atoms with Crippen LogP contribution in [0.15, 0.2) is 41.1 Å². The van der Waals surface area contributed by atoms with Gasteiger partial charge in [-0.2, -0.15) is 0 Å². The van der Waals surface area contributed by atoms with Crippen molar-refractivity contribution in [3.05, 3.63) is 36.7 Å². The van der Waals surface area contributed by atoms with Gasteiger partial charge in [0.15, 0.2) is 5.11 Å². The smallest absolute Gasteiger partial charge is 0.299 e. The number of nitrogens with zero attached hydrogens (tertiary/aromatic N) is 1. The minimum Gasteiger partial charge on any atom is -0.432 e. The second-order valence-electron chi connectivity index (χ2n) is 3.03. The summed E-state index contributed by atoms with van der Waals surface area (Å²) in [5, 5.41) is 6.07. The fourth-order valence-electron chi connectivity index (χ4n) is 1.23. The van der Waals surface area contributed by atoms with Crippen LogP contribution < -0.4 is 16.4 Å². The highest BCUT2D eigenvalue weighted by Crippen LogP contribution is 2.18. The largest absolute Gasteiger partial charge is 0.432 e. The minimum absolute atomic E-state index is 0.230. The van der Waals surface area contributed by atoms with Crippen molar-refractivity contribution >= 4 is 34.7 Å². The second-order valence-corrected chi connectivity index (χ2v) is 3.47. The molecule has 2 rings (SSSR count). The van der Waals surface area contributed by atoms with Crippen LogP contribution in [0.3, 0.4) is 0 Å². The Balaban J connectivity index is 2.13. The third-order valence-corrected chi connectivity index (χ3v) is 1.92. The van der Waals surface area contributed by atoms with E-state index < -0.39 is 0 Å². The number of aromatic nitrogens is 1. The standard InChI is InChI=1S/C10H10N4OS/c11-9(16)13-7-2-1-3-8(6-7)14-10-12-4-5-15-10/h1-6H,(H,12,14)(H3,11,13,16). The third-order valence-electron chi connectivity index (χ3n) is 1.81. The molecule has 0 spiro atoms. The molecule has 0 aliphatic carbocycles. The number of nitrogens with one attached hydrogen (secondary N) is 2. The number of anilines is 3. The lowest BCUT2D eigenvalue weighted by Gasteiger charge is -2.06. The fourth-order valence-corrected chi connectivity index (χ4v) is 1.34. The lowest BCUT2D eigenvalue weighted by Crippen LogP contribution is -2.18. The lowest BCUT2D eigenvalue weighted by molar-refractivity contribution is 0.578. The summed E-state index contributed by atoms with van der Waals surface area (Å²) in [7, 11) is 0. The van der Waals surface area contributed by atoms with Crippen LogP contribution in [0.2, 0.25) is 0 Å². The molecule has 16 heavy (non-hydrogen) atoms. The first-order valence-electron chi connectivity index (χ1n) is 4.57. The third kappa shape index (κ3) is 2.71. The van der Waals surface area contributed by atoms with Crippen LogP contribution in [0.4, 0.5) is 17.4 Å². The Bertz CT molecular complexity index is 483. The van der Waals surface area contributed by atoms with Crippen LogP contribution in [0.25, 0.3) is 0 Å². The number of thiocarbonyl (C=S) groups is 1. The molecule has 1 heterocycles. The van der Waals surface area contributed by atoms with Gasteiger partial charge in [-0.1, -0.05) is 6.07 Å². The molecule has 4 N–H and O–H groups in total. The van der Waals surface area contributed by atoms with Crippen molar-refractivity contribution in [2.45, 2.75) is 0 Å². The van der Waals surface area contributed by atoms with Crippen molar-refractivity contribution in [2.24, 2.45) is 5.73 Å². The normalized spacial score (nSPS) is 9.75. The molecular weight excluding hydrogens is 224 g/mol. The monoisotopic (exact) mass is 234 g/mol. The van der Waals surface area contributed by atoms with Crippen LogP contribution in [0.5, 0.6) is 0 Å². The Morgan fingerprint density at radius 2 is 2.19 bits per heavy atom. The number of oxazole rings is 1. The van der Waals surface area contributed by atoms with Gasteiger partial charge in [-0.15, -0.1) is 0 Å². The molecule has 2 aromatic rings. The van der Waals surface area contributed by atoms with E-state index in [9.17, 15) is 0 Å². The molecule has 0 saturated carbocycles. The fraction of sp³-hybridized carbons (Fsp3) is 0. The van der Waals surface area contributed by atoms with E-state index in [4.69, 9.17) is 22.4 Å². The Morgan fingerprint density at radius 3 is 2.88 bits per heavy atom. The average molecular weight is 234 g/mol. The zero-order valence-corrected chi connectivity index (χ0v) is 9.12. The van der Waals surface area contributed by atoms with Crippen LogP contribution in [-0.2, 0) is 0 Å². The first-order valence-corrected chi connectivity index (χ1v) is 4.98. The summed E-state index contributed by atoms with van der Waals surface area (Å²) in [6.45, 7) is 0. The Kier molecular flexibility index (Phi) is 3.02. The van der Waals surface area contributed by atoms with Crippen molar-refractivity contribution in [3.63, 3.8) is 0 Å². The molecule has 1 aromatic heterocycles. The van der Waals surface area contributed by atoms with E-state index in [1.807, 2.05) is 24.3 Å². The van der Waals surface area contributed by atoms with Crippen molar-refractivity contribution in [1.29, 1.82) is 0 Å². The van der Waals surface area contributed by atoms with Gasteiger partial charge in [0.05, 0.1) is 6.20 Å². The molecule has 0 saturated heterocycles. The van der Waals surface area contributed by atoms with Crippen molar-refractivity contribution in [1.82, 2.24) is 4.98 Å². The van der Waals surface area contributed by atoms with E-state index in [2.05, 4.69) is 15.6 Å². The van der Waals surface area contributed by atoms with E-state index in [1.165, 1.54) is 6.26 Å². The molecule has 5 nitrogen and oxygen atoms in total. The zero-order chi connectivity index (χ0) is 11.4. The summed E-state index contributed by atoms with van der Waals surface area (Å²) in [5.74, 6) is 0. The summed E-state index contributed by atoms with van der Waals surface area (Å²) in [4.78, 5) is 3.95. The summed E-state index contributed by atoms with van der Waals surface area (Å²) in [6.07, 6.45) is 3.07. The summed E-state index contributed by atoms with van der Waals surface area (Å²) in [5.41, 5.74) is 7.03. The first kappa shape index (κ1) is 10.4. The van der Waals surface area contributed by atoms with Gasteiger partial charge < -0.3 is 20.8 Å². The molecular formula is C10H10N4OS. The number of nitrogens with two attached hydrogens (primary N) is 1. The van der Waals surface area contributed by atoms with Crippen LogP contribution in [0.1, 0.15) is 0 Å². The SMILES string of the molecule is NC(=S)Nc1cccc(Nc2ncco2)c1. The molecule has 0 fully saturated rings. The van der Waals surface area contributed by atoms with Crippen molar-refractivity contribution in [2.75, 3.05) is 10.6 Å². The van der Waals surface area contributed by atoms with Gasteiger partial charge in [0, 0.05) is 11.4 Å². The molecule has 6 heteroatoms. The maximum atomic E-state index is 5.38. The predicted molar refractivity (Wildman–Crippen MR) is 66.6 cm³/mol. The molecule has 0 amide bonds. The predicted octanol–water partition coefficient (Wildman–Crippen LogP) is 2.07. The highest BCUT2D eigenvalue weighted by Gasteiger charge is 1.99. The summed E-state index contributed by atoms with van der Waals surface area (Å²) < 4.78 is 5.07. The van der Waals surface area contributed by atoms with Crippen LogP contribution in [-0.4, -0.2) is 10.1 Å². The Hall–Kier alpha value is -2.08. The summed E-state index contributed by atoms with van der Waals surface area (Å²) in [6, 6.07) is 7.90. The van der Waals surface area contributed by atoms with Gasteiger partial charge in [0.2, 0.25) is 0 Å². The number of hydrogen-bond donors (Lipinski definition) is 3. The maximum absolute atomic E-state index is 5.38. The molecule has 0 unspecified atom stereocenters. The minimum atomic E-state index is 0.230. The molecule has 0 aliphatic heterocycles. The maximum Gasteiger partial charge on any atom is 0.299 e. The molecule has 0 radical (unpaired) electrons. The number of rotatable bonds is 3. The highest BCUT2D eigenvalue weighted by molar-refractivity contribution is 7.80. The van der Waals surface area contributed by atoms with Crippen molar-refractivity contribution < 1.29 is 4.42 Å². The zero-order valence-electron chi connectivity index (χ0n) is 8.31. The number of benzene rings is 1. The molecule has 82 valence electrons. The van der Waals surface area contributed by atoms with Crippen LogP contribution >= 0.6 is 12.2 Å². The molecule has 0 aliphatic rings. The van der Waals surface area contributed by atoms with Crippen molar-refractivity contribution in [3.8, 4) is 0 Å². The van der Waals surface area contributed by atoms with E-state index in [0.29, 0.717) is 6.01 Å². The Labute approximate surface area is 97.7 Å². The van der Waals surface area contributed by atoms with Gasteiger partial charge in [0.1, 0.15) is 6.26 Å². The highest BCUT2D eigenvalue weighted by atomic mass is 32.1. The molecule has 0 bridgehead atoms. The van der Waals surface area contributed by atoms with E-state index in [1.54, 1.807) is 6.20 Å². The van der Waals surface area contributed by atoms with Gasteiger partial charge in [0.25, 0.3) is 6.01 Å². The van der Waals surface area contributed by atoms with E-state index in [-0.39, 0.29) is 5.11 Å². The lowest BCUT2D eigenvalue weighted by atomic mass is 10.3. The van der Waals surface area contributed by atoms with Gasteiger partial charge >= 0.3 is 0 Å². The number of hydrogen-bond acceptors (Lipinski definition) is 4. The van der Waals surface area contributed by atoms with Crippen LogP contribution in [0, 0.1) is 0 Å². The average Bonchev–Trinajstić information content (AvgIpc) is 2.70. The van der Waals surface area contributed by atoms with Gasteiger partial charge in [-0.25, -0.2) is 4.98 Å². The second kappa shape index (κ2) is 4.63. The molecule has 0 atom stereocenters. The van der Waals surface area contributed by atoms with Gasteiger partial charge in [-0.3, -0.25) is 0 Å². The van der Waals surface area contributed by atoms with E-state index >= 15 is 0 Å². The Morgan fingerprint density at radius 1 is 1.38 bits per heavy atom. The first-order chi connectivity index (χ1) is 7.74.